The van der Waals surface area contributed by atoms with Crippen LogP contribution in [-0.2, 0) is 4.79 Å². The zero-order valence-corrected chi connectivity index (χ0v) is 15.7. The van der Waals surface area contributed by atoms with Crippen LogP contribution in [0.5, 0.6) is 0 Å². The van der Waals surface area contributed by atoms with Gasteiger partial charge in [0.1, 0.15) is 17.9 Å². The number of aldehydes is 1. The lowest BCUT2D eigenvalue weighted by atomic mass is 10.1. The monoisotopic (exact) mass is 372 g/mol. The summed E-state index contributed by atoms with van der Waals surface area (Å²) in [6.45, 7) is 7.46. The molecule has 0 spiro atoms. The van der Waals surface area contributed by atoms with Gasteiger partial charge in [-0.15, -0.1) is 0 Å². The van der Waals surface area contributed by atoms with Gasteiger partial charge in [-0.2, -0.15) is 4.98 Å². The molecule has 9 nitrogen and oxygen atoms in total. The number of hydrogen-bond donors (Lipinski definition) is 4. The highest BCUT2D eigenvalue weighted by atomic mass is 16.2. The largest absolute Gasteiger partial charge is 0.365 e. The second kappa shape index (κ2) is 8.00. The van der Waals surface area contributed by atoms with Gasteiger partial charge < -0.3 is 15.8 Å². The Morgan fingerprint density at radius 3 is 2.33 bits per heavy atom. The molecular weight excluding hydrogens is 348 g/mol. The second-order valence-corrected chi connectivity index (χ2v) is 6.76. The lowest BCUT2D eigenvalue weighted by Gasteiger charge is -2.26. The molecule has 0 saturated carbocycles. The summed E-state index contributed by atoms with van der Waals surface area (Å²) in [5, 5.41) is 4.02. The molecule has 1 atom stereocenters. The molecule has 0 radical (unpaired) electrons. The molecule has 0 aliphatic rings. The van der Waals surface area contributed by atoms with Gasteiger partial charge in [-0.25, -0.2) is 5.84 Å². The standard InChI is InChI=1S/C18H24N6O3/c1-9(2)13(8-25)24(20)18-22-16(14(15(19)26)17(27)23-18)21-12-6-10(3)5-11(4)7-12/h5-9,13H,20H2,1-4H3,(H2,19,26)(H2,21,22,23,27)/t13-/m0/s1. The number of nitrogens with one attached hydrogen (secondary N) is 2. The number of aryl methyl sites for hydroxylation is 2. The summed E-state index contributed by atoms with van der Waals surface area (Å²) in [4.78, 5) is 42.2. The van der Waals surface area contributed by atoms with Crippen LogP contribution in [0.3, 0.4) is 0 Å². The summed E-state index contributed by atoms with van der Waals surface area (Å²) in [5.41, 5.74) is 6.90. The van der Waals surface area contributed by atoms with Gasteiger partial charge in [-0.05, 0) is 43.0 Å². The van der Waals surface area contributed by atoms with Gasteiger partial charge in [0.2, 0.25) is 5.95 Å². The molecule has 0 aliphatic heterocycles. The van der Waals surface area contributed by atoms with Crippen molar-refractivity contribution in [3.63, 3.8) is 0 Å². The summed E-state index contributed by atoms with van der Waals surface area (Å²) in [5.74, 6) is 4.85. The van der Waals surface area contributed by atoms with E-state index in [-0.39, 0.29) is 23.2 Å². The highest BCUT2D eigenvalue weighted by Crippen LogP contribution is 2.21. The van der Waals surface area contributed by atoms with Gasteiger partial charge >= 0.3 is 0 Å². The van der Waals surface area contributed by atoms with E-state index in [2.05, 4.69) is 15.3 Å². The molecule has 2 aromatic rings. The number of aromatic nitrogens is 2. The van der Waals surface area contributed by atoms with Crippen LogP contribution in [0.1, 0.15) is 35.3 Å². The van der Waals surface area contributed by atoms with E-state index >= 15 is 0 Å². The molecule has 6 N–H and O–H groups in total. The van der Waals surface area contributed by atoms with E-state index < -0.39 is 17.5 Å². The minimum atomic E-state index is -0.929. The number of hydrazine groups is 1. The Labute approximate surface area is 156 Å². The molecule has 1 aromatic heterocycles. The maximum Gasteiger partial charge on any atom is 0.267 e. The number of benzene rings is 1. The molecule has 1 heterocycles. The van der Waals surface area contributed by atoms with E-state index in [4.69, 9.17) is 11.6 Å². The molecular formula is C18H24N6O3. The molecule has 1 amide bonds. The fraction of sp³-hybridized carbons (Fsp3) is 0.333. The Balaban J connectivity index is 2.57. The Morgan fingerprint density at radius 1 is 1.26 bits per heavy atom. The molecule has 0 fully saturated rings. The molecule has 27 heavy (non-hydrogen) atoms. The summed E-state index contributed by atoms with van der Waals surface area (Å²) >= 11 is 0. The minimum absolute atomic E-state index is 0.0323. The fourth-order valence-corrected chi connectivity index (χ4v) is 2.77. The lowest BCUT2D eigenvalue weighted by molar-refractivity contribution is -0.109. The Bertz CT molecular complexity index is 902. The topological polar surface area (TPSA) is 147 Å². The van der Waals surface area contributed by atoms with Crippen molar-refractivity contribution in [1.82, 2.24) is 9.97 Å². The average Bonchev–Trinajstić information content (AvgIpc) is 2.53. The van der Waals surface area contributed by atoms with Crippen molar-refractivity contribution in [3.8, 4) is 0 Å². The smallest absolute Gasteiger partial charge is 0.267 e. The Hall–Kier alpha value is -3.20. The van der Waals surface area contributed by atoms with Gasteiger partial charge in [0.25, 0.3) is 11.5 Å². The van der Waals surface area contributed by atoms with Crippen molar-refractivity contribution >= 4 is 29.6 Å². The molecule has 0 bridgehead atoms. The number of nitrogens with two attached hydrogens (primary N) is 2. The third-order valence-corrected chi connectivity index (χ3v) is 4.03. The zero-order chi connectivity index (χ0) is 20.3. The molecule has 144 valence electrons. The number of carbonyl (C=O) groups excluding carboxylic acids is 2. The van der Waals surface area contributed by atoms with Crippen LogP contribution in [0.25, 0.3) is 0 Å². The number of hydrogen-bond acceptors (Lipinski definition) is 7. The number of carbonyl (C=O) groups is 2. The number of nitrogens with zero attached hydrogens (tertiary/aromatic N) is 2. The first-order valence-corrected chi connectivity index (χ1v) is 8.42. The number of aromatic amines is 1. The van der Waals surface area contributed by atoms with Crippen LogP contribution in [-0.4, -0.2) is 28.2 Å². The van der Waals surface area contributed by atoms with Crippen LogP contribution in [0.4, 0.5) is 17.5 Å². The average molecular weight is 372 g/mol. The van der Waals surface area contributed by atoms with E-state index in [1.54, 1.807) is 0 Å². The number of rotatable bonds is 7. The summed E-state index contributed by atoms with van der Waals surface area (Å²) in [6.07, 6.45) is 0.670. The van der Waals surface area contributed by atoms with Crippen molar-refractivity contribution in [2.24, 2.45) is 17.5 Å². The molecule has 0 aliphatic carbocycles. The molecule has 9 heteroatoms. The molecule has 0 saturated heterocycles. The van der Waals surface area contributed by atoms with Crippen LogP contribution in [0, 0.1) is 19.8 Å². The van der Waals surface area contributed by atoms with E-state index in [0.717, 1.165) is 16.1 Å². The first-order valence-electron chi connectivity index (χ1n) is 8.42. The Morgan fingerprint density at radius 2 is 1.85 bits per heavy atom. The Kier molecular flexibility index (Phi) is 5.96. The number of anilines is 3. The molecule has 2 rings (SSSR count). The first-order chi connectivity index (χ1) is 12.6. The summed E-state index contributed by atoms with van der Waals surface area (Å²) in [7, 11) is 0. The summed E-state index contributed by atoms with van der Waals surface area (Å²) < 4.78 is 0. The minimum Gasteiger partial charge on any atom is -0.365 e. The number of primary amides is 1. The van der Waals surface area contributed by atoms with Crippen LogP contribution >= 0.6 is 0 Å². The van der Waals surface area contributed by atoms with Gasteiger partial charge in [0.05, 0.1) is 0 Å². The SMILES string of the molecule is Cc1cc(C)cc(Nc2nc(N(N)[C@@H](C=O)C(C)C)[nH]c(=O)c2C(N)=O)c1. The molecule has 1 aromatic carbocycles. The highest BCUT2D eigenvalue weighted by molar-refractivity contribution is 5.98. The third kappa shape index (κ3) is 4.50. The first kappa shape index (κ1) is 20.1. The molecule has 0 unspecified atom stereocenters. The highest BCUT2D eigenvalue weighted by Gasteiger charge is 2.24. The maximum absolute atomic E-state index is 12.4. The lowest BCUT2D eigenvalue weighted by Crippen LogP contribution is -2.47. The van der Waals surface area contributed by atoms with Crippen molar-refractivity contribution in [2.45, 2.75) is 33.7 Å². The normalized spacial score (nSPS) is 11.9. The van der Waals surface area contributed by atoms with Crippen molar-refractivity contribution in [3.05, 3.63) is 45.2 Å². The predicted molar refractivity (Wildman–Crippen MR) is 104 cm³/mol. The van der Waals surface area contributed by atoms with Gasteiger partial charge in [0, 0.05) is 5.69 Å². The summed E-state index contributed by atoms with van der Waals surface area (Å²) in [6, 6.07) is 4.95. The van der Waals surface area contributed by atoms with E-state index in [0.29, 0.717) is 12.0 Å². The van der Waals surface area contributed by atoms with E-state index in [1.165, 1.54) is 0 Å². The van der Waals surface area contributed by atoms with E-state index in [9.17, 15) is 14.4 Å². The second-order valence-electron chi connectivity index (χ2n) is 6.76. The van der Waals surface area contributed by atoms with Crippen LogP contribution in [0.15, 0.2) is 23.0 Å². The third-order valence-electron chi connectivity index (χ3n) is 4.03. The van der Waals surface area contributed by atoms with Crippen molar-refractivity contribution in [2.75, 3.05) is 10.3 Å². The van der Waals surface area contributed by atoms with Crippen LogP contribution in [0.2, 0.25) is 0 Å². The maximum atomic E-state index is 12.4. The van der Waals surface area contributed by atoms with Gasteiger partial charge in [-0.1, -0.05) is 19.9 Å². The van der Waals surface area contributed by atoms with Crippen molar-refractivity contribution < 1.29 is 9.59 Å². The van der Waals surface area contributed by atoms with Crippen LogP contribution < -0.4 is 27.5 Å². The van der Waals surface area contributed by atoms with Gasteiger partial charge in [-0.3, -0.25) is 19.6 Å². The number of amides is 1. The quantitative estimate of drug-likeness (QED) is 0.323. The number of H-pyrrole nitrogens is 1. The van der Waals surface area contributed by atoms with E-state index in [1.807, 2.05) is 45.9 Å². The predicted octanol–water partition coefficient (Wildman–Crippen LogP) is 1.13. The fourth-order valence-electron chi connectivity index (χ4n) is 2.77. The van der Waals surface area contributed by atoms with Crippen molar-refractivity contribution in [1.29, 1.82) is 0 Å². The zero-order valence-electron chi connectivity index (χ0n) is 15.7. The van der Waals surface area contributed by atoms with Gasteiger partial charge in [0.15, 0.2) is 5.82 Å².